The molecule has 136 valence electrons. The van der Waals surface area contributed by atoms with Gasteiger partial charge in [0.25, 0.3) is 5.91 Å². The molecular weight excluding hydrogens is 344 g/mol. The summed E-state index contributed by atoms with van der Waals surface area (Å²) in [4.78, 5) is 31.8. The lowest BCUT2D eigenvalue weighted by Crippen LogP contribution is -2.47. The number of imide groups is 1. The Morgan fingerprint density at radius 1 is 1.22 bits per heavy atom. The van der Waals surface area contributed by atoms with Gasteiger partial charge < -0.3 is 14.5 Å². The number of hydrogen-bond donors (Lipinski definition) is 1. The van der Waals surface area contributed by atoms with Crippen molar-refractivity contribution in [2.45, 2.75) is 25.4 Å². The van der Waals surface area contributed by atoms with Gasteiger partial charge in [0.1, 0.15) is 11.4 Å². The molecule has 3 amide bonds. The fourth-order valence-electron chi connectivity index (χ4n) is 3.96. The lowest BCUT2D eigenvalue weighted by Gasteiger charge is -2.33. The third-order valence-corrected chi connectivity index (χ3v) is 5.31. The molecule has 0 aliphatic carbocycles. The first kappa shape index (κ1) is 15.9. The van der Waals surface area contributed by atoms with Crippen LogP contribution >= 0.6 is 0 Å². The molecule has 2 aliphatic heterocycles. The Labute approximate surface area is 155 Å². The maximum absolute atomic E-state index is 13.3. The average molecular weight is 362 g/mol. The molecule has 27 heavy (non-hydrogen) atoms. The van der Waals surface area contributed by atoms with E-state index >= 15 is 0 Å². The summed E-state index contributed by atoms with van der Waals surface area (Å²) in [5, 5.41) is 2.91. The van der Waals surface area contributed by atoms with Crippen molar-refractivity contribution in [3.8, 4) is 5.75 Å². The first-order valence-electron chi connectivity index (χ1n) is 8.88. The zero-order valence-corrected chi connectivity index (χ0v) is 14.8. The normalized spacial score (nSPS) is 21.4. The number of hydrogen-bond acceptors (Lipinski definition) is 4. The molecule has 7 nitrogen and oxygen atoms in total. The molecule has 5 rings (SSSR count). The predicted molar refractivity (Wildman–Crippen MR) is 97.2 cm³/mol. The van der Waals surface area contributed by atoms with Gasteiger partial charge >= 0.3 is 6.03 Å². The highest BCUT2D eigenvalue weighted by molar-refractivity contribution is 6.07. The molecule has 7 heteroatoms. The quantitative estimate of drug-likeness (QED) is 0.710. The van der Waals surface area contributed by atoms with Gasteiger partial charge in [0.2, 0.25) is 0 Å². The van der Waals surface area contributed by atoms with Crippen molar-refractivity contribution >= 4 is 17.6 Å². The van der Waals surface area contributed by atoms with E-state index in [9.17, 15) is 9.59 Å². The van der Waals surface area contributed by atoms with Crippen LogP contribution in [0.15, 0.2) is 48.8 Å². The number of nitrogens with one attached hydrogen (secondary N) is 1. The van der Waals surface area contributed by atoms with Crippen molar-refractivity contribution in [3.05, 3.63) is 65.6 Å². The van der Waals surface area contributed by atoms with Crippen LogP contribution in [0.25, 0.3) is 5.65 Å². The molecule has 1 saturated heterocycles. The summed E-state index contributed by atoms with van der Waals surface area (Å²) in [7, 11) is 0. The summed E-state index contributed by atoms with van der Waals surface area (Å²) in [6.45, 7) is 2.49. The van der Waals surface area contributed by atoms with Gasteiger partial charge in [-0.05, 0) is 24.6 Å². The van der Waals surface area contributed by atoms with Gasteiger partial charge in [-0.2, -0.15) is 0 Å². The number of pyridine rings is 1. The number of nitrogens with zero attached hydrogens (tertiary/aromatic N) is 3. The summed E-state index contributed by atoms with van der Waals surface area (Å²) in [6, 6.07) is 10.9. The van der Waals surface area contributed by atoms with E-state index in [1.54, 1.807) is 0 Å². The molecule has 1 N–H and O–H groups in total. The molecule has 0 saturated carbocycles. The van der Waals surface area contributed by atoms with Gasteiger partial charge in [0.15, 0.2) is 5.54 Å². The highest BCUT2D eigenvalue weighted by Gasteiger charge is 2.54. The van der Waals surface area contributed by atoms with E-state index in [0.717, 1.165) is 11.2 Å². The van der Waals surface area contributed by atoms with Crippen molar-refractivity contribution < 1.29 is 14.3 Å². The minimum absolute atomic E-state index is 0.135. The van der Waals surface area contributed by atoms with E-state index in [1.165, 1.54) is 4.90 Å². The number of benzene rings is 1. The standard InChI is InChI=1S/C20H18N4O3/c1-13-5-4-9-23-11-14(21-17(13)23)12-24-18(25)20(22-19(24)26)8-10-27-16-7-3-2-6-15(16)20/h2-7,9,11H,8,10,12H2,1H3,(H,22,26)/t20-/m1/s1. The fourth-order valence-corrected chi connectivity index (χ4v) is 3.96. The second-order valence-electron chi connectivity index (χ2n) is 6.98. The van der Waals surface area contributed by atoms with Crippen LogP contribution in [0.2, 0.25) is 0 Å². The van der Waals surface area contributed by atoms with E-state index in [2.05, 4.69) is 10.3 Å². The Bertz CT molecular complexity index is 1090. The minimum atomic E-state index is -1.05. The minimum Gasteiger partial charge on any atom is -0.493 e. The van der Waals surface area contributed by atoms with Crippen molar-refractivity contribution in [1.29, 1.82) is 0 Å². The molecule has 4 heterocycles. The molecule has 1 spiro atoms. The molecule has 0 unspecified atom stereocenters. The van der Waals surface area contributed by atoms with Crippen molar-refractivity contribution in [2.24, 2.45) is 0 Å². The van der Waals surface area contributed by atoms with E-state index < -0.39 is 11.6 Å². The molecule has 1 atom stereocenters. The second kappa shape index (κ2) is 5.57. The molecule has 0 bridgehead atoms. The molecule has 2 aliphatic rings. The highest BCUT2D eigenvalue weighted by atomic mass is 16.5. The summed E-state index contributed by atoms with van der Waals surface area (Å²) in [6.07, 6.45) is 4.17. The van der Waals surface area contributed by atoms with Crippen molar-refractivity contribution in [1.82, 2.24) is 19.6 Å². The zero-order valence-electron chi connectivity index (χ0n) is 14.8. The number of urea groups is 1. The van der Waals surface area contributed by atoms with Crippen LogP contribution in [-0.2, 0) is 16.9 Å². The number of amides is 3. The number of carbonyl (C=O) groups excluding carboxylic acids is 2. The van der Waals surface area contributed by atoms with Crippen LogP contribution < -0.4 is 10.1 Å². The third kappa shape index (κ3) is 2.24. The first-order chi connectivity index (χ1) is 13.1. The number of rotatable bonds is 2. The van der Waals surface area contributed by atoms with Crippen LogP contribution in [0.1, 0.15) is 23.2 Å². The Hall–Kier alpha value is -3.35. The number of aryl methyl sites for hydroxylation is 1. The topological polar surface area (TPSA) is 75.9 Å². The van der Waals surface area contributed by atoms with Crippen LogP contribution in [0.3, 0.4) is 0 Å². The second-order valence-corrected chi connectivity index (χ2v) is 6.98. The van der Waals surface area contributed by atoms with Gasteiger partial charge in [-0.15, -0.1) is 0 Å². The summed E-state index contributed by atoms with van der Waals surface area (Å²) in [5.41, 5.74) is 2.19. The largest absolute Gasteiger partial charge is 0.493 e. The smallest absolute Gasteiger partial charge is 0.325 e. The van der Waals surface area contributed by atoms with E-state index in [4.69, 9.17) is 4.74 Å². The summed E-state index contributed by atoms with van der Waals surface area (Å²) < 4.78 is 7.57. The van der Waals surface area contributed by atoms with Gasteiger partial charge in [0, 0.05) is 24.4 Å². The summed E-state index contributed by atoms with van der Waals surface area (Å²) >= 11 is 0. The number of fused-ring (bicyclic) bond motifs is 3. The first-order valence-corrected chi connectivity index (χ1v) is 8.88. The average Bonchev–Trinajstić information content (AvgIpc) is 3.18. The van der Waals surface area contributed by atoms with E-state index in [1.807, 2.05) is 60.1 Å². The number of aromatic nitrogens is 2. The molecule has 1 fully saturated rings. The molecule has 0 radical (unpaired) electrons. The van der Waals surface area contributed by atoms with Gasteiger partial charge in [0.05, 0.1) is 18.8 Å². The SMILES string of the molecule is Cc1cccn2cc(CN3C(=O)N[C@@]4(CCOc5ccccc54)C3=O)nc12. The number of ether oxygens (including phenoxy) is 1. The van der Waals surface area contributed by atoms with Gasteiger partial charge in [-0.25, -0.2) is 9.78 Å². The lowest BCUT2D eigenvalue weighted by molar-refractivity contribution is -0.133. The Kier molecular flexibility index (Phi) is 3.28. The zero-order chi connectivity index (χ0) is 18.6. The number of carbonyl (C=O) groups is 2. The number of para-hydroxylation sites is 1. The lowest BCUT2D eigenvalue weighted by atomic mass is 9.84. The predicted octanol–water partition coefficient (Wildman–Crippen LogP) is 2.37. The van der Waals surface area contributed by atoms with E-state index in [-0.39, 0.29) is 12.5 Å². The Balaban J connectivity index is 1.51. The third-order valence-electron chi connectivity index (χ3n) is 5.31. The molecule has 1 aromatic carbocycles. The molecular formula is C20H18N4O3. The van der Waals surface area contributed by atoms with Gasteiger partial charge in [-0.1, -0.05) is 24.3 Å². The fraction of sp³-hybridized carbons (Fsp3) is 0.250. The summed E-state index contributed by atoms with van der Waals surface area (Å²) in [5.74, 6) is 0.389. The van der Waals surface area contributed by atoms with Crippen LogP contribution in [0.4, 0.5) is 4.79 Å². The van der Waals surface area contributed by atoms with Crippen LogP contribution in [0, 0.1) is 6.92 Å². The molecule has 3 aromatic rings. The Morgan fingerprint density at radius 2 is 2.07 bits per heavy atom. The van der Waals surface area contributed by atoms with Crippen molar-refractivity contribution in [2.75, 3.05) is 6.61 Å². The van der Waals surface area contributed by atoms with E-state index in [0.29, 0.717) is 30.0 Å². The van der Waals surface area contributed by atoms with Crippen molar-refractivity contribution in [3.63, 3.8) is 0 Å². The van der Waals surface area contributed by atoms with Gasteiger partial charge in [-0.3, -0.25) is 9.69 Å². The maximum Gasteiger partial charge on any atom is 0.325 e. The van der Waals surface area contributed by atoms with Crippen LogP contribution in [-0.4, -0.2) is 32.8 Å². The maximum atomic E-state index is 13.3. The number of imidazole rings is 1. The highest BCUT2D eigenvalue weighted by Crippen LogP contribution is 2.41. The van der Waals surface area contributed by atoms with Crippen LogP contribution in [0.5, 0.6) is 5.75 Å². The Morgan fingerprint density at radius 3 is 2.93 bits per heavy atom. The molecule has 2 aromatic heterocycles. The monoisotopic (exact) mass is 362 g/mol.